The monoisotopic (exact) mass is 306 g/mol. The van der Waals surface area contributed by atoms with Crippen molar-refractivity contribution >= 4 is 10.9 Å². The molecule has 0 aliphatic carbocycles. The van der Waals surface area contributed by atoms with Crippen LogP contribution in [0.1, 0.15) is 12.8 Å². The van der Waals surface area contributed by atoms with E-state index in [0.29, 0.717) is 17.8 Å². The van der Waals surface area contributed by atoms with Gasteiger partial charge in [-0.25, -0.2) is 4.98 Å². The van der Waals surface area contributed by atoms with Crippen molar-refractivity contribution in [2.24, 2.45) is 0 Å². The Morgan fingerprint density at radius 2 is 1.87 bits per heavy atom. The molecule has 4 heteroatoms. The molecule has 1 aliphatic rings. The van der Waals surface area contributed by atoms with Gasteiger partial charge in [0.15, 0.2) is 0 Å². The maximum atomic E-state index is 13.0. The third kappa shape index (κ3) is 2.66. The van der Waals surface area contributed by atoms with Gasteiger partial charge in [-0.15, -0.1) is 0 Å². The molecule has 0 radical (unpaired) electrons. The molecule has 2 aromatic carbocycles. The first-order valence-corrected chi connectivity index (χ1v) is 7.99. The number of hydrogen-bond acceptors (Lipinski definition) is 3. The van der Waals surface area contributed by atoms with Crippen LogP contribution in [0.5, 0.6) is 0 Å². The zero-order chi connectivity index (χ0) is 15.6. The van der Waals surface area contributed by atoms with Crippen LogP contribution in [0.4, 0.5) is 0 Å². The second-order valence-electron chi connectivity index (χ2n) is 5.87. The van der Waals surface area contributed by atoms with Crippen LogP contribution in [0.15, 0.2) is 59.4 Å². The lowest BCUT2D eigenvalue weighted by Crippen LogP contribution is -2.28. The Morgan fingerprint density at radius 1 is 1.09 bits per heavy atom. The zero-order valence-corrected chi connectivity index (χ0v) is 12.8. The standard InChI is InChI=1S/C19H18N2O2/c22-19-16-10-4-5-11-17(16)20-18(14-7-2-1-3-8-14)21(19)13-15-9-6-12-23-15/h1-5,7-8,10-11,15H,6,9,12-13H2/t15-/m1/s1. The summed E-state index contributed by atoms with van der Waals surface area (Å²) in [6.45, 7) is 1.34. The molecule has 0 N–H and O–H groups in total. The third-order valence-corrected chi connectivity index (χ3v) is 4.30. The third-order valence-electron chi connectivity index (χ3n) is 4.30. The molecule has 1 aromatic heterocycles. The second kappa shape index (κ2) is 5.97. The lowest BCUT2D eigenvalue weighted by Gasteiger charge is -2.17. The summed E-state index contributed by atoms with van der Waals surface area (Å²) in [5.74, 6) is 0.713. The Morgan fingerprint density at radius 3 is 2.65 bits per heavy atom. The van der Waals surface area contributed by atoms with Crippen LogP contribution < -0.4 is 5.56 Å². The normalized spacial score (nSPS) is 17.7. The SMILES string of the molecule is O=c1c2ccccc2nc(-c2ccccc2)n1C[C@H]1CCCO1. The van der Waals surface area contributed by atoms with Crippen LogP contribution in [0.2, 0.25) is 0 Å². The molecule has 0 saturated carbocycles. The van der Waals surface area contributed by atoms with Crippen molar-refractivity contribution in [1.29, 1.82) is 0 Å². The maximum absolute atomic E-state index is 13.0. The second-order valence-corrected chi connectivity index (χ2v) is 5.87. The van der Waals surface area contributed by atoms with Crippen LogP contribution in [-0.2, 0) is 11.3 Å². The number of rotatable bonds is 3. The minimum atomic E-state index is 0.00459. The lowest BCUT2D eigenvalue weighted by molar-refractivity contribution is 0.0965. The largest absolute Gasteiger partial charge is 0.376 e. The molecule has 1 aliphatic heterocycles. The smallest absolute Gasteiger partial charge is 0.261 e. The van der Waals surface area contributed by atoms with Crippen LogP contribution in [0.25, 0.3) is 22.3 Å². The molecule has 3 aromatic rings. The summed E-state index contributed by atoms with van der Waals surface area (Å²) in [6, 6.07) is 17.4. The average Bonchev–Trinajstić information content (AvgIpc) is 3.11. The van der Waals surface area contributed by atoms with E-state index in [-0.39, 0.29) is 11.7 Å². The highest BCUT2D eigenvalue weighted by Crippen LogP contribution is 2.21. The fourth-order valence-electron chi connectivity index (χ4n) is 3.14. The van der Waals surface area contributed by atoms with Crippen molar-refractivity contribution in [1.82, 2.24) is 9.55 Å². The van der Waals surface area contributed by atoms with Gasteiger partial charge in [-0.2, -0.15) is 0 Å². The molecule has 1 saturated heterocycles. The molecule has 0 unspecified atom stereocenters. The molecule has 0 spiro atoms. The molecule has 1 fully saturated rings. The highest BCUT2D eigenvalue weighted by molar-refractivity contribution is 5.79. The first kappa shape index (κ1) is 14.2. The van der Waals surface area contributed by atoms with E-state index >= 15 is 0 Å². The number of fused-ring (bicyclic) bond motifs is 1. The molecular weight excluding hydrogens is 288 g/mol. The Bertz CT molecular complexity index is 881. The first-order chi connectivity index (χ1) is 11.3. The number of benzene rings is 2. The highest BCUT2D eigenvalue weighted by atomic mass is 16.5. The number of para-hydroxylation sites is 1. The molecule has 116 valence electrons. The van der Waals surface area contributed by atoms with E-state index in [1.165, 1.54) is 0 Å². The predicted molar refractivity (Wildman–Crippen MR) is 90.4 cm³/mol. The van der Waals surface area contributed by atoms with Crippen LogP contribution >= 0.6 is 0 Å². The minimum Gasteiger partial charge on any atom is -0.376 e. The molecule has 2 heterocycles. The Kier molecular flexibility index (Phi) is 3.67. The van der Waals surface area contributed by atoms with Crippen molar-refractivity contribution in [2.75, 3.05) is 6.61 Å². The summed E-state index contributed by atoms with van der Waals surface area (Å²) >= 11 is 0. The number of nitrogens with zero attached hydrogens (tertiary/aromatic N) is 2. The van der Waals surface area contributed by atoms with Gasteiger partial charge < -0.3 is 4.74 Å². The van der Waals surface area contributed by atoms with E-state index in [1.54, 1.807) is 4.57 Å². The Balaban J connectivity index is 1.92. The van der Waals surface area contributed by atoms with Gasteiger partial charge in [-0.05, 0) is 25.0 Å². The van der Waals surface area contributed by atoms with Crippen LogP contribution in [-0.4, -0.2) is 22.3 Å². The van der Waals surface area contributed by atoms with Gasteiger partial charge >= 0.3 is 0 Å². The summed E-state index contributed by atoms with van der Waals surface area (Å²) in [6.07, 6.45) is 2.15. The summed E-state index contributed by atoms with van der Waals surface area (Å²) < 4.78 is 7.50. The van der Waals surface area contributed by atoms with Gasteiger partial charge in [0.2, 0.25) is 0 Å². The van der Waals surface area contributed by atoms with Gasteiger partial charge in [0.25, 0.3) is 5.56 Å². The minimum absolute atomic E-state index is 0.00459. The molecule has 4 rings (SSSR count). The maximum Gasteiger partial charge on any atom is 0.261 e. The fourth-order valence-corrected chi connectivity index (χ4v) is 3.14. The molecule has 23 heavy (non-hydrogen) atoms. The van der Waals surface area contributed by atoms with Crippen molar-refractivity contribution in [3.63, 3.8) is 0 Å². The number of ether oxygens (including phenoxy) is 1. The van der Waals surface area contributed by atoms with Crippen molar-refractivity contribution in [3.8, 4) is 11.4 Å². The predicted octanol–water partition coefficient (Wildman–Crippen LogP) is 3.24. The Labute approximate surface area is 134 Å². The average molecular weight is 306 g/mol. The Hall–Kier alpha value is -2.46. The zero-order valence-electron chi connectivity index (χ0n) is 12.8. The molecule has 1 atom stereocenters. The van der Waals surface area contributed by atoms with Gasteiger partial charge in [-0.3, -0.25) is 9.36 Å². The topological polar surface area (TPSA) is 44.1 Å². The van der Waals surface area contributed by atoms with Gasteiger partial charge in [0, 0.05) is 12.2 Å². The van der Waals surface area contributed by atoms with Gasteiger partial charge in [0.1, 0.15) is 5.82 Å². The van der Waals surface area contributed by atoms with E-state index in [9.17, 15) is 4.79 Å². The van der Waals surface area contributed by atoms with E-state index in [4.69, 9.17) is 9.72 Å². The van der Waals surface area contributed by atoms with Crippen LogP contribution in [0.3, 0.4) is 0 Å². The summed E-state index contributed by atoms with van der Waals surface area (Å²) in [7, 11) is 0. The van der Waals surface area contributed by atoms with E-state index < -0.39 is 0 Å². The number of aromatic nitrogens is 2. The van der Waals surface area contributed by atoms with Crippen molar-refractivity contribution < 1.29 is 4.74 Å². The first-order valence-electron chi connectivity index (χ1n) is 7.99. The van der Waals surface area contributed by atoms with Gasteiger partial charge in [-0.1, -0.05) is 42.5 Å². The van der Waals surface area contributed by atoms with Gasteiger partial charge in [0.05, 0.1) is 23.6 Å². The highest BCUT2D eigenvalue weighted by Gasteiger charge is 2.20. The molecular formula is C19H18N2O2. The fraction of sp³-hybridized carbons (Fsp3) is 0.263. The molecule has 4 nitrogen and oxygen atoms in total. The van der Waals surface area contributed by atoms with Crippen LogP contribution in [0, 0.1) is 0 Å². The summed E-state index contributed by atoms with van der Waals surface area (Å²) in [4.78, 5) is 17.7. The molecule has 0 bridgehead atoms. The quantitative estimate of drug-likeness (QED) is 0.746. The summed E-state index contributed by atoms with van der Waals surface area (Å²) in [5, 5.41) is 0.658. The lowest BCUT2D eigenvalue weighted by atomic mass is 10.1. The molecule has 0 amide bonds. The van der Waals surface area contributed by atoms with E-state index in [2.05, 4.69) is 0 Å². The number of hydrogen-bond donors (Lipinski definition) is 0. The van der Waals surface area contributed by atoms with E-state index in [0.717, 1.165) is 30.5 Å². The van der Waals surface area contributed by atoms with E-state index in [1.807, 2.05) is 54.6 Å². The van der Waals surface area contributed by atoms with Crippen molar-refractivity contribution in [2.45, 2.75) is 25.5 Å². The van der Waals surface area contributed by atoms with Crippen molar-refractivity contribution in [3.05, 3.63) is 65.0 Å². The summed E-state index contributed by atoms with van der Waals surface area (Å²) in [5.41, 5.74) is 1.69.